The standard InChI is InChI=1S/C13H20ClN3O/c1-10-8-11(18-2)16-12(15-10)17-13(9-14)6-4-3-5-7-13/h8H,3-7,9H2,1-2H3,(H,15,16,17). The second-order valence-corrected chi connectivity index (χ2v) is 5.24. The van der Waals surface area contributed by atoms with Crippen LogP contribution in [0.15, 0.2) is 6.07 Å². The van der Waals surface area contributed by atoms with E-state index in [0.717, 1.165) is 18.5 Å². The predicted molar refractivity (Wildman–Crippen MR) is 73.5 cm³/mol. The zero-order valence-electron chi connectivity index (χ0n) is 11.0. The van der Waals surface area contributed by atoms with Crippen molar-refractivity contribution in [3.05, 3.63) is 11.8 Å². The van der Waals surface area contributed by atoms with E-state index >= 15 is 0 Å². The SMILES string of the molecule is COc1cc(C)nc(NC2(CCl)CCCCC2)n1. The van der Waals surface area contributed by atoms with E-state index < -0.39 is 0 Å². The Bertz CT molecular complexity index is 405. The number of hydrogen-bond donors (Lipinski definition) is 1. The molecule has 0 spiro atoms. The average molecular weight is 270 g/mol. The molecule has 1 saturated carbocycles. The van der Waals surface area contributed by atoms with Gasteiger partial charge < -0.3 is 10.1 Å². The summed E-state index contributed by atoms with van der Waals surface area (Å²) in [6, 6.07) is 1.82. The van der Waals surface area contributed by atoms with E-state index in [0.29, 0.717) is 17.7 Å². The zero-order valence-corrected chi connectivity index (χ0v) is 11.8. The van der Waals surface area contributed by atoms with E-state index in [1.54, 1.807) is 7.11 Å². The molecule has 1 heterocycles. The number of hydrogen-bond acceptors (Lipinski definition) is 4. The van der Waals surface area contributed by atoms with E-state index in [1.807, 2.05) is 13.0 Å². The summed E-state index contributed by atoms with van der Waals surface area (Å²) in [5.74, 6) is 1.80. The van der Waals surface area contributed by atoms with E-state index in [1.165, 1.54) is 19.3 Å². The van der Waals surface area contributed by atoms with Crippen LogP contribution in [0, 0.1) is 6.92 Å². The zero-order chi connectivity index (χ0) is 13.0. The predicted octanol–water partition coefficient (Wildman–Crippen LogP) is 3.15. The molecule has 18 heavy (non-hydrogen) atoms. The van der Waals surface area contributed by atoms with Gasteiger partial charge >= 0.3 is 0 Å². The monoisotopic (exact) mass is 269 g/mol. The maximum absolute atomic E-state index is 6.15. The van der Waals surface area contributed by atoms with Gasteiger partial charge in [0.15, 0.2) is 0 Å². The molecular weight excluding hydrogens is 250 g/mol. The Balaban J connectivity index is 2.18. The highest BCUT2D eigenvalue weighted by atomic mass is 35.5. The maximum atomic E-state index is 6.15. The number of ether oxygens (including phenoxy) is 1. The largest absolute Gasteiger partial charge is 0.481 e. The van der Waals surface area contributed by atoms with Crippen molar-refractivity contribution in [2.45, 2.75) is 44.6 Å². The Morgan fingerprint density at radius 2 is 2.06 bits per heavy atom. The van der Waals surface area contributed by atoms with Crippen LogP contribution in [0.5, 0.6) is 5.88 Å². The van der Waals surface area contributed by atoms with Gasteiger partial charge in [-0.1, -0.05) is 19.3 Å². The summed E-state index contributed by atoms with van der Waals surface area (Å²) in [6.45, 7) is 1.93. The van der Waals surface area contributed by atoms with Gasteiger partial charge in [0.1, 0.15) is 0 Å². The summed E-state index contributed by atoms with van der Waals surface area (Å²) in [7, 11) is 1.61. The number of nitrogens with zero attached hydrogens (tertiary/aromatic N) is 2. The molecule has 1 aromatic heterocycles. The number of rotatable bonds is 4. The Kier molecular flexibility index (Phi) is 4.27. The molecule has 1 aromatic rings. The van der Waals surface area contributed by atoms with Crippen molar-refractivity contribution in [3.8, 4) is 5.88 Å². The van der Waals surface area contributed by atoms with Crippen LogP contribution in [-0.4, -0.2) is 28.5 Å². The third kappa shape index (κ3) is 3.05. The van der Waals surface area contributed by atoms with Gasteiger partial charge in [0.25, 0.3) is 0 Å². The molecule has 4 nitrogen and oxygen atoms in total. The summed E-state index contributed by atoms with van der Waals surface area (Å²) < 4.78 is 5.17. The van der Waals surface area contributed by atoms with Gasteiger partial charge in [-0.15, -0.1) is 11.6 Å². The lowest BCUT2D eigenvalue weighted by molar-refractivity contribution is 0.350. The molecule has 1 aliphatic rings. The van der Waals surface area contributed by atoms with Crippen molar-refractivity contribution in [1.82, 2.24) is 9.97 Å². The molecule has 1 N–H and O–H groups in total. The van der Waals surface area contributed by atoms with Gasteiger partial charge in [0.05, 0.1) is 12.6 Å². The van der Waals surface area contributed by atoms with Crippen molar-refractivity contribution >= 4 is 17.5 Å². The van der Waals surface area contributed by atoms with E-state index in [-0.39, 0.29) is 5.54 Å². The van der Waals surface area contributed by atoms with Crippen LogP contribution in [0.4, 0.5) is 5.95 Å². The summed E-state index contributed by atoms with van der Waals surface area (Å²) in [5, 5.41) is 3.43. The normalized spacial score (nSPS) is 18.4. The molecular formula is C13H20ClN3O. The molecule has 0 aromatic carbocycles. The third-order valence-electron chi connectivity index (χ3n) is 3.48. The minimum Gasteiger partial charge on any atom is -0.481 e. The quantitative estimate of drug-likeness (QED) is 0.853. The maximum Gasteiger partial charge on any atom is 0.226 e. The second-order valence-electron chi connectivity index (χ2n) is 4.97. The summed E-state index contributed by atoms with van der Waals surface area (Å²) in [4.78, 5) is 8.74. The van der Waals surface area contributed by atoms with E-state index in [4.69, 9.17) is 16.3 Å². The molecule has 100 valence electrons. The number of aryl methyl sites for hydroxylation is 1. The molecule has 0 atom stereocenters. The average Bonchev–Trinajstić information content (AvgIpc) is 2.39. The van der Waals surface area contributed by atoms with Gasteiger partial charge in [-0.2, -0.15) is 4.98 Å². The van der Waals surface area contributed by atoms with E-state index in [9.17, 15) is 0 Å². The van der Waals surface area contributed by atoms with Crippen LogP contribution in [0.25, 0.3) is 0 Å². The van der Waals surface area contributed by atoms with Crippen LogP contribution < -0.4 is 10.1 Å². The fraction of sp³-hybridized carbons (Fsp3) is 0.692. The van der Waals surface area contributed by atoms with Gasteiger partial charge in [-0.25, -0.2) is 4.98 Å². The smallest absolute Gasteiger partial charge is 0.226 e. The Morgan fingerprint density at radius 3 is 2.67 bits per heavy atom. The van der Waals surface area contributed by atoms with Gasteiger partial charge in [-0.3, -0.25) is 0 Å². The number of halogens is 1. The summed E-state index contributed by atoms with van der Waals surface area (Å²) >= 11 is 6.15. The lowest BCUT2D eigenvalue weighted by Crippen LogP contribution is -2.42. The molecule has 0 aliphatic heterocycles. The highest BCUT2D eigenvalue weighted by Crippen LogP contribution is 2.32. The van der Waals surface area contributed by atoms with Crippen LogP contribution in [-0.2, 0) is 0 Å². The Morgan fingerprint density at radius 1 is 1.33 bits per heavy atom. The third-order valence-corrected chi connectivity index (χ3v) is 3.99. The first-order chi connectivity index (χ1) is 8.67. The van der Waals surface area contributed by atoms with E-state index in [2.05, 4.69) is 15.3 Å². The molecule has 0 radical (unpaired) electrons. The van der Waals surface area contributed by atoms with Crippen molar-refractivity contribution in [2.24, 2.45) is 0 Å². The molecule has 2 rings (SSSR count). The lowest BCUT2D eigenvalue weighted by Gasteiger charge is -2.36. The number of nitrogens with one attached hydrogen (secondary N) is 1. The number of methoxy groups -OCH3 is 1. The summed E-state index contributed by atoms with van der Waals surface area (Å²) in [6.07, 6.45) is 5.87. The first-order valence-electron chi connectivity index (χ1n) is 6.41. The Hall–Kier alpha value is -1.03. The van der Waals surface area contributed by atoms with Crippen molar-refractivity contribution in [3.63, 3.8) is 0 Å². The fourth-order valence-electron chi connectivity index (χ4n) is 2.46. The molecule has 0 amide bonds. The van der Waals surface area contributed by atoms with Gasteiger partial charge in [0.2, 0.25) is 11.8 Å². The van der Waals surface area contributed by atoms with Crippen molar-refractivity contribution in [2.75, 3.05) is 18.3 Å². The first-order valence-corrected chi connectivity index (χ1v) is 6.95. The molecule has 0 bridgehead atoms. The second kappa shape index (κ2) is 5.74. The number of alkyl halides is 1. The number of anilines is 1. The highest BCUT2D eigenvalue weighted by Gasteiger charge is 2.31. The van der Waals surface area contributed by atoms with Crippen LogP contribution in [0.1, 0.15) is 37.8 Å². The van der Waals surface area contributed by atoms with Crippen LogP contribution in [0.3, 0.4) is 0 Å². The molecule has 1 aliphatic carbocycles. The van der Waals surface area contributed by atoms with Gasteiger partial charge in [-0.05, 0) is 19.8 Å². The molecule has 1 fully saturated rings. The highest BCUT2D eigenvalue weighted by molar-refractivity contribution is 6.18. The topological polar surface area (TPSA) is 47.0 Å². The summed E-state index contributed by atoms with van der Waals surface area (Å²) in [5.41, 5.74) is 0.836. The lowest BCUT2D eigenvalue weighted by atomic mass is 9.83. The molecule has 0 unspecified atom stereocenters. The minimum absolute atomic E-state index is 0.0569. The molecule has 5 heteroatoms. The van der Waals surface area contributed by atoms with Crippen LogP contribution >= 0.6 is 11.6 Å². The minimum atomic E-state index is -0.0569. The van der Waals surface area contributed by atoms with Crippen molar-refractivity contribution < 1.29 is 4.74 Å². The van der Waals surface area contributed by atoms with Crippen LogP contribution in [0.2, 0.25) is 0 Å². The fourth-order valence-corrected chi connectivity index (χ4v) is 2.79. The molecule has 0 saturated heterocycles. The first kappa shape index (κ1) is 13.4. The number of aromatic nitrogens is 2. The van der Waals surface area contributed by atoms with Crippen molar-refractivity contribution in [1.29, 1.82) is 0 Å². The van der Waals surface area contributed by atoms with Gasteiger partial charge in [0, 0.05) is 17.6 Å². The Labute approximate surface area is 113 Å².